The normalized spacial score (nSPS) is 23.7. The first-order valence-corrected chi connectivity index (χ1v) is 11.6. The summed E-state index contributed by atoms with van der Waals surface area (Å²) in [5.41, 5.74) is 13.9. The number of rotatable bonds is 10. The van der Waals surface area contributed by atoms with E-state index in [-0.39, 0.29) is 5.91 Å². The monoisotopic (exact) mass is 388 g/mol. The van der Waals surface area contributed by atoms with Crippen LogP contribution in [-0.2, 0) is 9.59 Å². The Hall–Kier alpha value is -1.58. The van der Waals surface area contributed by atoms with Crippen LogP contribution in [0.15, 0.2) is 22.8 Å². The quantitative estimate of drug-likeness (QED) is 0.487. The maximum absolute atomic E-state index is 12.8. The molecule has 0 bridgehead atoms. The van der Waals surface area contributed by atoms with Crippen molar-refractivity contribution >= 4 is 11.8 Å². The van der Waals surface area contributed by atoms with Gasteiger partial charge in [0.2, 0.25) is 11.8 Å². The Balaban J connectivity index is 2.33. The topological polar surface area (TPSA) is 86.2 Å². The number of carbonyl (C=O) groups is 2. The van der Waals surface area contributed by atoms with Crippen molar-refractivity contribution in [3.8, 4) is 0 Å². The highest BCUT2D eigenvalue weighted by atomic mass is 16.2. The fourth-order valence-corrected chi connectivity index (χ4v) is 5.09. The number of amides is 2. The van der Waals surface area contributed by atoms with Crippen LogP contribution in [0.5, 0.6) is 0 Å². The molecule has 0 aromatic heterocycles. The van der Waals surface area contributed by atoms with E-state index in [9.17, 15) is 9.59 Å². The zero-order chi connectivity index (χ0) is 20.4. The fourth-order valence-electron chi connectivity index (χ4n) is 5.09. The molecule has 0 saturated heterocycles. The molecular formula is C24H40N2O2. The number of carbonyl (C=O) groups excluding carboxylic acids is 2. The van der Waals surface area contributed by atoms with Crippen molar-refractivity contribution in [2.75, 3.05) is 0 Å². The Bertz CT molecular complexity index is 606. The summed E-state index contributed by atoms with van der Waals surface area (Å²) < 4.78 is 0. The molecule has 2 rings (SSSR count). The molecule has 28 heavy (non-hydrogen) atoms. The van der Waals surface area contributed by atoms with Gasteiger partial charge < -0.3 is 11.5 Å². The Morgan fingerprint density at radius 3 is 2.36 bits per heavy atom. The molecule has 2 aliphatic rings. The van der Waals surface area contributed by atoms with Crippen molar-refractivity contribution < 1.29 is 9.59 Å². The first-order valence-electron chi connectivity index (χ1n) is 11.6. The van der Waals surface area contributed by atoms with E-state index >= 15 is 0 Å². The Morgan fingerprint density at radius 2 is 1.64 bits per heavy atom. The van der Waals surface area contributed by atoms with Gasteiger partial charge in [0.15, 0.2) is 0 Å². The molecule has 0 radical (unpaired) electrons. The standard InChI is InChI=1S/C24H40N2O2/c1-2-3-4-5-8-12-17-24(23(26)28)18-13-11-16-20(21(24)22(25)27)19-14-9-6-7-10-15-19/h14H,2-13,15-18H2,1H3,(H2,25,27)(H2,26,28). The van der Waals surface area contributed by atoms with Crippen molar-refractivity contribution in [1.29, 1.82) is 0 Å². The van der Waals surface area contributed by atoms with Crippen LogP contribution >= 0.6 is 0 Å². The number of hydrogen-bond acceptors (Lipinski definition) is 2. The SMILES string of the molecule is CCCCCCCCC1(C(N)=O)CCCCC(C2=CCCCCC2)=C1C(N)=O. The largest absolute Gasteiger partial charge is 0.369 e. The summed E-state index contributed by atoms with van der Waals surface area (Å²) in [6.45, 7) is 2.21. The fraction of sp³-hybridized carbons (Fsp3) is 0.750. The minimum absolute atomic E-state index is 0.358. The molecule has 0 saturated carbocycles. The lowest BCUT2D eigenvalue weighted by molar-refractivity contribution is -0.129. The first-order chi connectivity index (χ1) is 13.5. The molecule has 0 spiro atoms. The van der Waals surface area contributed by atoms with Crippen LogP contribution in [0.25, 0.3) is 0 Å². The van der Waals surface area contributed by atoms with Crippen LogP contribution < -0.4 is 11.5 Å². The van der Waals surface area contributed by atoms with E-state index in [2.05, 4.69) is 13.0 Å². The van der Waals surface area contributed by atoms with Crippen LogP contribution in [0, 0.1) is 5.41 Å². The number of unbranched alkanes of at least 4 members (excludes halogenated alkanes) is 5. The second-order valence-corrected chi connectivity index (χ2v) is 8.72. The van der Waals surface area contributed by atoms with Gasteiger partial charge in [0, 0.05) is 5.57 Å². The molecule has 0 heterocycles. The van der Waals surface area contributed by atoms with Gasteiger partial charge >= 0.3 is 0 Å². The van der Waals surface area contributed by atoms with E-state index in [1.807, 2.05) is 0 Å². The lowest BCUT2D eigenvalue weighted by Gasteiger charge is -2.33. The first kappa shape index (κ1) is 22.7. The second-order valence-electron chi connectivity index (χ2n) is 8.72. The Kier molecular flexibility index (Phi) is 9.27. The molecule has 1 unspecified atom stereocenters. The maximum atomic E-state index is 12.8. The van der Waals surface area contributed by atoms with Crippen molar-refractivity contribution in [3.05, 3.63) is 22.8 Å². The highest BCUT2D eigenvalue weighted by Gasteiger charge is 2.45. The average Bonchev–Trinajstić information content (AvgIpc) is 3.04. The van der Waals surface area contributed by atoms with E-state index in [1.165, 1.54) is 44.1 Å². The van der Waals surface area contributed by atoms with Gasteiger partial charge in [0.05, 0.1) is 5.41 Å². The van der Waals surface area contributed by atoms with Crippen molar-refractivity contribution in [2.45, 2.75) is 110 Å². The van der Waals surface area contributed by atoms with Crippen LogP contribution in [0.4, 0.5) is 0 Å². The molecular weight excluding hydrogens is 348 g/mol. The summed E-state index contributed by atoms with van der Waals surface area (Å²) in [6, 6.07) is 0. The van der Waals surface area contributed by atoms with Crippen molar-refractivity contribution in [3.63, 3.8) is 0 Å². The van der Waals surface area contributed by atoms with Gasteiger partial charge in [-0.15, -0.1) is 0 Å². The average molecular weight is 389 g/mol. The molecule has 2 aliphatic carbocycles. The zero-order valence-corrected chi connectivity index (χ0v) is 17.9. The van der Waals surface area contributed by atoms with E-state index < -0.39 is 11.3 Å². The third-order valence-corrected chi connectivity index (χ3v) is 6.66. The van der Waals surface area contributed by atoms with E-state index in [1.54, 1.807) is 0 Å². The summed E-state index contributed by atoms with van der Waals surface area (Å²) in [6.07, 6.45) is 18.8. The van der Waals surface area contributed by atoms with Gasteiger partial charge in [-0.2, -0.15) is 0 Å². The summed E-state index contributed by atoms with van der Waals surface area (Å²) in [4.78, 5) is 25.4. The van der Waals surface area contributed by atoms with E-state index in [4.69, 9.17) is 11.5 Å². The van der Waals surface area contributed by atoms with Crippen LogP contribution in [-0.4, -0.2) is 11.8 Å². The van der Waals surface area contributed by atoms with E-state index in [0.717, 1.165) is 56.9 Å². The third kappa shape index (κ3) is 5.71. The minimum atomic E-state index is -0.879. The molecule has 4 N–H and O–H groups in total. The van der Waals surface area contributed by atoms with Gasteiger partial charge in [0.25, 0.3) is 0 Å². The molecule has 0 aromatic rings. The van der Waals surface area contributed by atoms with Crippen LogP contribution in [0.1, 0.15) is 110 Å². The smallest absolute Gasteiger partial charge is 0.246 e. The summed E-state index contributed by atoms with van der Waals surface area (Å²) in [5.74, 6) is -0.796. The van der Waals surface area contributed by atoms with Crippen molar-refractivity contribution in [2.24, 2.45) is 16.9 Å². The molecule has 0 aliphatic heterocycles. The number of primary amides is 2. The van der Waals surface area contributed by atoms with Gasteiger partial charge in [-0.25, -0.2) is 0 Å². The molecule has 0 aromatic carbocycles. The van der Waals surface area contributed by atoms with Crippen molar-refractivity contribution in [1.82, 2.24) is 0 Å². The predicted molar refractivity (Wildman–Crippen MR) is 115 cm³/mol. The lowest BCUT2D eigenvalue weighted by atomic mass is 9.70. The molecule has 4 nitrogen and oxygen atoms in total. The molecule has 0 fully saturated rings. The molecule has 158 valence electrons. The van der Waals surface area contributed by atoms with Gasteiger partial charge in [-0.05, 0) is 62.5 Å². The van der Waals surface area contributed by atoms with E-state index in [0.29, 0.717) is 18.4 Å². The predicted octanol–water partition coefficient (Wildman–Crippen LogP) is 5.46. The highest BCUT2D eigenvalue weighted by Crippen LogP contribution is 2.46. The van der Waals surface area contributed by atoms with Crippen LogP contribution in [0.2, 0.25) is 0 Å². The van der Waals surface area contributed by atoms with Gasteiger partial charge in [0.1, 0.15) is 0 Å². The summed E-state index contributed by atoms with van der Waals surface area (Å²) in [5, 5.41) is 0. The number of allylic oxidation sites excluding steroid dienone is 3. The number of nitrogens with two attached hydrogens (primary N) is 2. The van der Waals surface area contributed by atoms with Gasteiger partial charge in [-0.1, -0.05) is 64.4 Å². The Morgan fingerprint density at radius 1 is 0.929 bits per heavy atom. The van der Waals surface area contributed by atoms with Gasteiger partial charge in [-0.3, -0.25) is 9.59 Å². The maximum Gasteiger partial charge on any atom is 0.246 e. The lowest BCUT2D eigenvalue weighted by Crippen LogP contribution is -2.43. The highest BCUT2D eigenvalue weighted by molar-refractivity contribution is 6.02. The second kappa shape index (κ2) is 11.4. The summed E-state index contributed by atoms with van der Waals surface area (Å²) >= 11 is 0. The summed E-state index contributed by atoms with van der Waals surface area (Å²) in [7, 11) is 0. The number of hydrogen-bond donors (Lipinski definition) is 2. The molecule has 4 heteroatoms. The minimum Gasteiger partial charge on any atom is -0.369 e. The Labute approximate surface area is 171 Å². The molecule has 1 atom stereocenters. The molecule has 2 amide bonds. The zero-order valence-electron chi connectivity index (χ0n) is 17.9. The third-order valence-electron chi connectivity index (χ3n) is 6.66. The van der Waals surface area contributed by atoms with Crippen LogP contribution in [0.3, 0.4) is 0 Å².